The van der Waals surface area contributed by atoms with Crippen LogP contribution in [0.2, 0.25) is 5.02 Å². The third-order valence-corrected chi connectivity index (χ3v) is 3.39. The van der Waals surface area contributed by atoms with Crippen molar-refractivity contribution in [1.82, 2.24) is 10.9 Å². The van der Waals surface area contributed by atoms with Crippen molar-refractivity contribution < 1.29 is 24.0 Å². The lowest BCUT2D eigenvalue weighted by molar-refractivity contribution is -0.900. The van der Waals surface area contributed by atoms with Crippen molar-refractivity contribution in [2.75, 3.05) is 39.5 Å². The Bertz CT molecular complexity index is 503. The predicted octanol–water partition coefficient (Wildman–Crippen LogP) is -1.22. The maximum atomic E-state index is 11.7. The summed E-state index contributed by atoms with van der Waals surface area (Å²) in [5.74, 6) is -0.138. The van der Waals surface area contributed by atoms with Crippen LogP contribution in [-0.4, -0.2) is 51.3 Å². The highest BCUT2D eigenvalue weighted by atomic mass is 35.5. The lowest BCUT2D eigenvalue weighted by Crippen LogP contribution is -3.15. The van der Waals surface area contributed by atoms with Crippen LogP contribution < -0.4 is 20.5 Å². The average molecular weight is 329 g/mol. The SMILES string of the molecule is O=C(COc1ccc(Cl)cc1)NNC(=O)C[NH+]1CCOCC1. The molecule has 0 unspecified atom stereocenters. The molecule has 3 N–H and O–H groups in total. The highest BCUT2D eigenvalue weighted by Crippen LogP contribution is 2.15. The largest absolute Gasteiger partial charge is 0.484 e. The first kappa shape index (κ1) is 16.5. The molecule has 0 aliphatic carbocycles. The van der Waals surface area contributed by atoms with Crippen LogP contribution in [0.1, 0.15) is 0 Å². The first-order chi connectivity index (χ1) is 10.6. The zero-order valence-electron chi connectivity index (χ0n) is 12.1. The molecule has 2 amide bonds. The summed E-state index contributed by atoms with van der Waals surface area (Å²) in [5, 5.41) is 0.592. The van der Waals surface area contributed by atoms with Crippen LogP contribution in [0.15, 0.2) is 24.3 Å². The summed E-state index contributed by atoms with van der Waals surface area (Å²) in [7, 11) is 0. The third-order valence-electron chi connectivity index (χ3n) is 3.14. The fourth-order valence-electron chi connectivity index (χ4n) is 1.96. The number of ether oxygens (including phenoxy) is 2. The first-order valence-electron chi connectivity index (χ1n) is 7.01. The van der Waals surface area contributed by atoms with E-state index in [2.05, 4.69) is 10.9 Å². The Morgan fingerprint density at radius 3 is 2.45 bits per heavy atom. The Labute approximate surface area is 133 Å². The van der Waals surface area contributed by atoms with E-state index in [1.165, 1.54) is 0 Å². The van der Waals surface area contributed by atoms with Crippen LogP contribution in [0.25, 0.3) is 0 Å². The number of amides is 2. The maximum absolute atomic E-state index is 11.7. The van der Waals surface area contributed by atoms with Gasteiger partial charge in [-0.25, -0.2) is 0 Å². The molecule has 0 saturated carbocycles. The van der Waals surface area contributed by atoms with E-state index in [4.69, 9.17) is 21.1 Å². The quantitative estimate of drug-likeness (QED) is 0.592. The van der Waals surface area contributed by atoms with E-state index in [-0.39, 0.29) is 12.5 Å². The summed E-state index contributed by atoms with van der Waals surface area (Å²) in [6, 6.07) is 6.66. The van der Waals surface area contributed by atoms with E-state index < -0.39 is 5.91 Å². The van der Waals surface area contributed by atoms with Crippen molar-refractivity contribution in [2.24, 2.45) is 0 Å². The first-order valence-corrected chi connectivity index (χ1v) is 7.38. The Morgan fingerprint density at radius 2 is 1.77 bits per heavy atom. The summed E-state index contributed by atoms with van der Waals surface area (Å²) >= 11 is 5.75. The molecule has 1 aliphatic heterocycles. The smallest absolute Gasteiger partial charge is 0.293 e. The predicted molar refractivity (Wildman–Crippen MR) is 79.6 cm³/mol. The molecule has 1 heterocycles. The van der Waals surface area contributed by atoms with Crippen LogP contribution in [0, 0.1) is 0 Å². The number of halogens is 1. The molecule has 0 radical (unpaired) electrons. The fraction of sp³-hybridized carbons (Fsp3) is 0.429. The zero-order chi connectivity index (χ0) is 15.8. The van der Waals surface area contributed by atoms with Gasteiger partial charge in [-0.2, -0.15) is 0 Å². The maximum Gasteiger partial charge on any atom is 0.293 e. The van der Waals surface area contributed by atoms with Gasteiger partial charge in [0.25, 0.3) is 11.8 Å². The molecule has 0 bridgehead atoms. The minimum absolute atomic E-state index is 0.188. The second-order valence-corrected chi connectivity index (χ2v) is 5.31. The van der Waals surface area contributed by atoms with Gasteiger partial charge in [0.05, 0.1) is 13.2 Å². The minimum Gasteiger partial charge on any atom is -0.484 e. The second kappa shape index (κ2) is 8.57. The summed E-state index contributed by atoms with van der Waals surface area (Å²) in [4.78, 5) is 24.4. The summed E-state index contributed by atoms with van der Waals surface area (Å²) in [6.45, 7) is 3.02. The van der Waals surface area contributed by atoms with Gasteiger partial charge in [-0.3, -0.25) is 20.4 Å². The van der Waals surface area contributed by atoms with Crippen molar-refractivity contribution in [2.45, 2.75) is 0 Å². The summed E-state index contributed by atoms with van der Waals surface area (Å²) in [6.07, 6.45) is 0. The zero-order valence-corrected chi connectivity index (χ0v) is 12.8. The Morgan fingerprint density at radius 1 is 1.14 bits per heavy atom. The van der Waals surface area contributed by atoms with Gasteiger partial charge in [0.1, 0.15) is 18.8 Å². The molecule has 0 spiro atoms. The number of morpholine rings is 1. The number of nitrogens with one attached hydrogen (secondary N) is 3. The van der Waals surface area contributed by atoms with Crippen molar-refractivity contribution in [3.8, 4) is 5.75 Å². The number of rotatable bonds is 5. The van der Waals surface area contributed by atoms with E-state index >= 15 is 0 Å². The molecule has 0 aromatic heterocycles. The number of hydrazine groups is 1. The monoisotopic (exact) mass is 328 g/mol. The van der Waals surface area contributed by atoms with E-state index in [0.717, 1.165) is 18.0 Å². The Hall–Kier alpha value is -1.83. The van der Waals surface area contributed by atoms with E-state index in [9.17, 15) is 9.59 Å². The lowest BCUT2D eigenvalue weighted by atomic mass is 10.3. The van der Waals surface area contributed by atoms with Gasteiger partial charge >= 0.3 is 0 Å². The number of hydrogen-bond donors (Lipinski definition) is 3. The van der Waals surface area contributed by atoms with Gasteiger partial charge in [0.15, 0.2) is 13.2 Å². The van der Waals surface area contributed by atoms with Crippen LogP contribution in [0.5, 0.6) is 5.75 Å². The third kappa shape index (κ3) is 5.88. The highest BCUT2D eigenvalue weighted by Gasteiger charge is 2.17. The van der Waals surface area contributed by atoms with Gasteiger partial charge in [0, 0.05) is 5.02 Å². The van der Waals surface area contributed by atoms with E-state index in [1.54, 1.807) is 24.3 Å². The molecule has 7 nitrogen and oxygen atoms in total. The van der Waals surface area contributed by atoms with Crippen molar-refractivity contribution in [3.05, 3.63) is 29.3 Å². The highest BCUT2D eigenvalue weighted by molar-refractivity contribution is 6.30. The molecule has 22 heavy (non-hydrogen) atoms. The fourth-order valence-corrected chi connectivity index (χ4v) is 2.09. The number of hydrogen-bond acceptors (Lipinski definition) is 4. The number of quaternary nitrogens is 1. The normalized spacial score (nSPS) is 15.1. The molecular weight excluding hydrogens is 310 g/mol. The van der Waals surface area contributed by atoms with Crippen molar-refractivity contribution in [3.63, 3.8) is 0 Å². The standard InChI is InChI=1S/C14H18ClN3O4/c15-11-1-3-12(4-2-11)22-10-14(20)17-16-13(19)9-18-5-7-21-8-6-18/h1-4H,5-10H2,(H,16,19)(H,17,20)/p+1. The van der Waals surface area contributed by atoms with Gasteiger partial charge in [-0.1, -0.05) is 11.6 Å². The minimum atomic E-state index is -0.430. The van der Waals surface area contributed by atoms with E-state index in [0.29, 0.717) is 30.5 Å². The molecule has 1 aromatic rings. The summed E-state index contributed by atoms with van der Waals surface area (Å²) in [5.41, 5.74) is 4.69. The van der Waals surface area contributed by atoms with Gasteiger partial charge in [-0.15, -0.1) is 0 Å². The molecular formula is C14H19ClN3O4+. The number of carbonyl (C=O) groups is 2. The van der Waals surface area contributed by atoms with E-state index in [1.807, 2.05) is 0 Å². The Balaban J connectivity index is 1.62. The van der Waals surface area contributed by atoms with Crippen molar-refractivity contribution >= 4 is 23.4 Å². The molecule has 0 atom stereocenters. The topological polar surface area (TPSA) is 81.1 Å². The van der Waals surface area contributed by atoms with Crippen LogP contribution in [-0.2, 0) is 14.3 Å². The van der Waals surface area contributed by atoms with Gasteiger partial charge < -0.3 is 14.4 Å². The molecule has 1 aliphatic rings. The second-order valence-electron chi connectivity index (χ2n) is 4.88. The summed E-state index contributed by atoms with van der Waals surface area (Å²) < 4.78 is 10.5. The average Bonchev–Trinajstić information content (AvgIpc) is 2.53. The molecule has 8 heteroatoms. The Kier molecular flexibility index (Phi) is 6.45. The van der Waals surface area contributed by atoms with Gasteiger partial charge in [-0.05, 0) is 24.3 Å². The molecule has 1 saturated heterocycles. The number of benzene rings is 1. The van der Waals surface area contributed by atoms with Crippen molar-refractivity contribution in [1.29, 1.82) is 0 Å². The van der Waals surface area contributed by atoms with Crippen LogP contribution in [0.4, 0.5) is 0 Å². The van der Waals surface area contributed by atoms with Crippen LogP contribution in [0.3, 0.4) is 0 Å². The molecule has 1 fully saturated rings. The molecule has 1 aromatic carbocycles. The van der Waals surface area contributed by atoms with Gasteiger partial charge in [0.2, 0.25) is 0 Å². The number of carbonyl (C=O) groups excluding carboxylic acids is 2. The lowest BCUT2D eigenvalue weighted by Gasteiger charge is -2.23. The molecule has 120 valence electrons. The molecule has 2 rings (SSSR count). The van der Waals surface area contributed by atoms with Crippen LogP contribution >= 0.6 is 11.6 Å².